The minimum Gasteiger partial charge on any atom is -0.444 e. The minimum absolute atomic E-state index is 0.0267. The maximum atomic E-state index is 6.00. The summed E-state index contributed by atoms with van der Waals surface area (Å²) in [6.45, 7) is 14.5. The molecule has 5 nitrogen and oxygen atoms in total. The highest BCUT2D eigenvalue weighted by molar-refractivity contribution is 7.99. The third-order valence-electron chi connectivity index (χ3n) is 4.73. The van der Waals surface area contributed by atoms with E-state index in [1.807, 2.05) is 6.20 Å². The summed E-state index contributed by atoms with van der Waals surface area (Å²) in [5.41, 5.74) is 2.27. The van der Waals surface area contributed by atoms with Crippen LogP contribution in [0.25, 0.3) is 0 Å². The van der Waals surface area contributed by atoms with Gasteiger partial charge in [-0.3, -0.25) is 0 Å². The lowest BCUT2D eigenvalue weighted by atomic mass is 9.94. The summed E-state index contributed by atoms with van der Waals surface area (Å²) >= 11 is 1.71. The highest BCUT2D eigenvalue weighted by Crippen LogP contribution is 2.36. The number of hydrogen-bond acceptors (Lipinski definition) is 5. The Morgan fingerprint density at radius 2 is 2.12 bits per heavy atom. The van der Waals surface area contributed by atoms with Gasteiger partial charge in [0.05, 0.1) is 29.8 Å². The fraction of sp³-hybridized carbons (Fsp3) is 0.684. The Kier molecular flexibility index (Phi) is 5.30. The summed E-state index contributed by atoms with van der Waals surface area (Å²) in [6.07, 6.45) is 4.44. The van der Waals surface area contributed by atoms with Crippen molar-refractivity contribution < 1.29 is 9.15 Å². The Hall–Kier alpha value is -1.27. The Labute approximate surface area is 154 Å². The van der Waals surface area contributed by atoms with Crippen LogP contribution in [0.5, 0.6) is 0 Å². The summed E-state index contributed by atoms with van der Waals surface area (Å²) in [4.78, 5) is 9.27. The van der Waals surface area contributed by atoms with Crippen LogP contribution in [0.4, 0.5) is 0 Å². The Bertz CT molecular complexity index is 724. The first-order valence-electron chi connectivity index (χ1n) is 9.04. The largest absolute Gasteiger partial charge is 0.444 e. The molecule has 0 bridgehead atoms. The molecule has 0 saturated carbocycles. The van der Waals surface area contributed by atoms with Gasteiger partial charge >= 0.3 is 0 Å². The average molecular weight is 364 g/mol. The van der Waals surface area contributed by atoms with Gasteiger partial charge in [-0.05, 0) is 33.6 Å². The first-order valence-corrected chi connectivity index (χ1v) is 9.92. The molecule has 1 saturated heterocycles. The van der Waals surface area contributed by atoms with Crippen LogP contribution < -0.4 is 0 Å². The van der Waals surface area contributed by atoms with E-state index in [9.17, 15) is 0 Å². The fourth-order valence-corrected chi connectivity index (χ4v) is 4.01. The fourth-order valence-electron chi connectivity index (χ4n) is 2.95. The van der Waals surface area contributed by atoms with E-state index < -0.39 is 0 Å². The average Bonchev–Trinajstić information content (AvgIpc) is 3.25. The van der Waals surface area contributed by atoms with E-state index in [-0.39, 0.29) is 10.7 Å². The molecule has 25 heavy (non-hydrogen) atoms. The zero-order chi connectivity index (χ0) is 18.2. The molecule has 0 radical (unpaired) electrons. The van der Waals surface area contributed by atoms with Crippen molar-refractivity contribution in [2.45, 2.75) is 82.9 Å². The van der Waals surface area contributed by atoms with Gasteiger partial charge in [0.15, 0.2) is 5.16 Å². The molecule has 3 heterocycles. The van der Waals surface area contributed by atoms with Crippen molar-refractivity contribution >= 4 is 11.8 Å². The van der Waals surface area contributed by atoms with Crippen LogP contribution in [0, 0.1) is 13.8 Å². The van der Waals surface area contributed by atoms with Crippen molar-refractivity contribution in [1.82, 2.24) is 14.5 Å². The standard InChI is InChI=1S/C19H29N3O2S/c1-12-13(2)22(11-15-8-7-9-23-15)18(21-12)25-14(3)17-20-10-16(24-17)19(4,5)6/h10,14-15H,7-9,11H2,1-6H3/t14-,15-/m1/s1. The van der Waals surface area contributed by atoms with Gasteiger partial charge in [0.1, 0.15) is 5.76 Å². The Morgan fingerprint density at radius 3 is 2.72 bits per heavy atom. The molecule has 0 N–H and O–H groups in total. The van der Waals surface area contributed by atoms with Gasteiger partial charge in [-0.25, -0.2) is 9.97 Å². The lowest BCUT2D eigenvalue weighted by Crippen LogP contribution is -2.17. The maximum Gasteiger partial charge on any atom is 0.207 e. The van der Waals surface area contributed by atoms with Crippen LogP contribution >= 0.6 is 11.8 Å². The summed E-state index contributed by atoms with van der Waals surface area (Å²) in [7, 11) is 0. The number of oxazole rings is 1. The van der Waals surface area contributed by atoms with Gasteiger partial charge in [0.25, 0.3) is 0 Å². The van der Waals surface area contributed by atoms with Crippen LogP contribution in [0.2, 0.25) is 0 Å². The molecular formula is C19H29N3O2S. The smallest absolute Gasteiger partial charge is 0.207 e. The quantitative estimate of drug-likeness (QED) is 0.713. The third kappa shape index (κ3) is 4.11. The normalized spacial score (nSPS) is 19.5. The van der Waals surface area contributed by atoms with Gasteiger partial charge in [-0.15, -0.1) is 0 Å². The van der Waals surface area contributed by atoms with Gasteiger partial charge < -0.3 is 13.7 Å². The lowest BCUT2D eigenvalue weighted by molar-refractivity contribution is 0.0944. The highest BCUT2D eigenvalue weighted by Gasteiger charge is 2.25. The number of hydrogen-bond donors (Lipinski definition) is 0. The topological polar surface area (TPSA) is 53.1 Å². The van der Waals surface area contributed by atoms with Crippen molar-refractivity contribution in [2.75, 3.05) is 6.61 Å². The second kappa shape index (κ2) is 7.16. The van der Waals surface area contributed by atoms with Gasteiger partial charge in [-0.2, -0.15) is 0 Å². The molecule has 2 atom stereocenters. The molecule has 3 rings (SSSR count). The molecule has 0 aromatic carbocycles. The van der Waals surface area contributed by atoms with Crippen LogP contribution in [-0.4, -0.2) is 27.2 Å². The number of ether oxygens (including phenoxy) is 1. The van der Waals surface area contributed by atoms with Crippen molar-refractivity contribution in [2.24, 2.45) is 0 Å². The molecule has 2 aromatic heterocycles. The minimum atomic E-state index is -0.0267. The van der Waals surface area contributed by atoms with Crippen LogP contribution in [0.1, 0.15) is 68.8 Å². The number of thioether (sulfide) groups is 1. The molecule has 6 heteroatoms. The maximum absolute atomic E-state index is 6.00. The van der Waals surface area contributed by atoms with E-state index in [4.69, 9.17) is 14.1 Å². The van der Waals surface area contributed by atoms with Crippen molar-refractivity contribution in [1.29, 1.82) is 0 Å². The van der Waals surface area contributed by atoms with E-state index in [1.54, 1.807) is 11.8 Å². The molecular weight excluding hydrogens is 334 g/mol. The summed E-state index contributed by atoms with van der Waals surface area (Å²) in [6, 6.07) is 0. The zero-order valence-electron chi connectivity index (χ0n) is 16.1. The second-order valence-electron chi connectivity index (χ2n) is 7.88. The first-order chi connectivity index (χ1) is 11.8. The van der Waals surface area contributed by atoms with Gasteiger partial charge in [0, 0.05) is 17.7 Å². The zero-order valence-corrected chi connectivity index (χ0v) is 16.9. The van der Waals surface area contributed by atoms with E-state index in [1.165, 1.54) is 5.69 Å². The Balaban J connectivity index is 1.77. The van der Waals surface area contributed by atoms with Gasteiger partial charge in [0.2, 0.25) is 5.89 Å². The molecule has 0 aliphatic carbocycles. The van der Waals surface area contributed by atoms with Crippen molar-refractivity contribution in [3.05, 3.63) is 29.2 Å². The van der Waals surface area contributed by atoms with E-state index in [2.05, 4.69) is 51.1 Å². The number of aryl methyl sites for hydroxylation is 1. The molecule has 0 unspecified atom stereocenters. The van der Waals surface area contributed by atoms with Crippen LogP contribution in [0.3, 0.4) is 0 Å². The highest BCUT2D eigenvalue weighted by atomic mass is 32.2. The number of imidazole rings is 1. The first kappa shape index (κ1) is 18.5. The SMILES string of the molecule is Cc1nc(S[C@H](C)c2ncc(C(C)(C)C)o2)n(C[C@H]2CCCO2)c1C. The number of aromatic nitrogens is 3. The predicted molar refractivity (Wildman–Crippen MR) is 100 cm³/mol. The summed E-state index contributed by atoms with van der Waals surface area (Å²) in [5, 5.41) is 1.13. The van der Waals surface area contributed by atoms with Crippen molar-refractivity contribution in [3.8, 4) is 0 Å². The predicted octanol–water partition coefficient (Wildman–Crippen LogP) is 4.82. The van der Waals surface area contributed by atoms with Crippen molar-refractivity contribution in [3.63, 3.8) is 0 Å². The second-order valence-corrected chi connectivity index (χ2v) is 9.19. The molecule has 138 valence electrons. The van der Waals surface area contributed by atoms with Gasteiger partial charge in [-0.1, -0.05) is 32.5 Å². The molecule has 1 fully saturated rings. The molecule has 1 aliphatic heterocycles. The molecule has 2 aromatic rings. The lowest BCUT2D eigenvalue weighted by Gasteiger charge is -2.16. The van der Waals surface area contributed by atoms with Crippen LogP contribution in [0.15, 0.2) is 15.8 Å². The molecule has 0 spiro atoms. The summed E-state index contributed by atoms with van der Waals surface area (Å²) < 4.78 is 14.1. The monoisotopic (exact) mass is 363 g/mol. The Morgan fingerprint density at radius 1 is 1.36 bits per heavy atom. The van der Waals surface area contributed by atoms with Crippen LogP contribution in [-0.2, 0) is 16.7 Å². The molecule has 0 amide bonds. The molecule has 1 aliphatic rings. The number of nitrogens with zero attached hydrogens (tertiary/aromatic N) is 3. The number of rotatable bonds is 5. The van der Waals surface area contributed by atoms with E-state index in [0.717, 1.165) is 48.5 Å². The summed E-state index contributed by atoms with van der Waals surface area (Å²) in [5.74, 6) is 1.68. The van der Waals surface area contributed by atoms with E-state index >= 15 is 0 Å². The van der Waals surface area contributed by atoms with E-state index in [0.29, 0.717) is 6.10 Å². The third-order valence-corrected chi connectivity index (χ3v) is 5.80.